The van der Waals surface area contributed by atoms with Crippen molar-refractivity contribution in [2.45, 2.75) is 70.6 Å². The first kappa shape index (κ1) is 23.5. The van der Waals surface area contributed by atoms with Gasteiger partial charge in [-0.05, 0) is 90.1 Å². The molecule has 3 aromatic rings. The van der Waals surface area contributed by atoms with Crippen molar-refractivity contribution in [3.05, 3.63) is 83.9 Å². The van der Waals surface area contributed by atoms with Gasteiger partial charge in [0, 0.05) is 22.0 Å². The molecule has 0 N–H and O–H groups in total. The zero-order chi connectivity index (χ0) is 22.2. The van der Waals surface area contributed by atoms with Crippen molar-refractivity contribution in [2.75, 3.05) is 10.7 Å². The molecule has 164 valence electrons. The predicted octanol–water partition coefficient (Wildman–Crippen LogP) is 9.69. The van der Waals surface area contributed by atoms with Crippen LogP contribution < -0.4 is 4.90 Å². The number of thioether (sulfide) groups is 1. The van der Waals surface area contributed by atoms with Crippen molar-refractivity contribution in [3.8, 4) is 0 Å². The fraction of sp³-hybridized carbons (Fsp3) is 0.379. The second-order valence-corrected chi connectivity index (χ2v) is 9.85. The number of anilines is 3. The molecule has 0 aliphatic heterocycles. The number of unbranched alkanes of at least 4 members (excludes halogenated alkanes) is 1. The first-order valence-electron chi connectivity index (χ1n) is 11.8. The maximum Gasteiger partial charge on any atom is 0.0462 e. The number of nitrogens with zero attached hydrogens (tertiary/aromatic N) is 1. The molecule has 2 heteroatoms. The van der Waals surface area contributed by atoms with Crippen LogP contribution in [0.5, 0.6) is 0 Å². The molecular weight excluding hydrogens is 394 g/mol. The standard InChI is InChI=1S/C29H37NS/c1-6-8-21-31-29-19-17-28(18-20-29)30(26-13-9-24(10-14-26)22(3)4)27-15-11-25(12-16-27)23(5)7-2/h9-20,22-23H,6-8,21H2,1-5H3. The van der Waals surface area contributed by atoms with Crippen molar-refractivity contribution >= 4 is 28.8 Å². The first-order chi connectivity index (χ1) is 15.0. The minimum absolute atomic E-state index is 0.539. The van der Waals surface area contributed by atoms with E-state index in [2.05, 4.69) is 112 Å². The Labute approximate surface area is 193 Å². The molecule has 3 rings (SSSR count). The molecule has 1 atom stereocenters. The summed E-state index contributed by atoms with van der Waals surface area (Å²) in [5.74, 6) is 2.32. The molecule has 1 unspecified atom stereocenters. The van der Waals surface area contributed by atoms with Crippen molar-refractivity contribution in [1.29, 1.82) is 0 Å². The summed E-state index contributed by atoms with van der Waals surface area (Å²) in [7, 11) is 0. The van der Waals surface area contributed by atoms with E-state index >= 15 is 0 Å². The van der Waals surface area contributed by atoms with Gasteiger partial charge in [0.25, 0.3) is 0 Å². The molecule has 0 heterocycles. The molecule has 0 aliphatic rings. The number of benzene rings is 3. The van der Waals surface area contributed by atoms with Crippen LogP contribution in [0.1, 0.15) is 76.8 Å². The molecule has 0 aliphatic carbocycles. The van der Waals surface area contributed by atoms with E-state index in [1.807, 2.05) is 11.8 Å². The van der Waals surface area contributed by atoms with Gasteiger partial charge in [0.2, 0.25) is 0 Å². The fourth-order valence-corrected chi connectivity index (χ4v) is 4.67. The SMILES string of the molecule is CCCCSc1ccc(N(c2ccc(C(C)C)cc2)c2ccc(C(C)CC)cc2)cc1. The van der Waals surface area contributed by atoms with E-state index < -0.39 is 0 Å². The normalized spacial score (nSPS) is 12.2. The van der Waals surface area contributed by atoms with Gasteiger partial charge in [0.05, 0.1) is 0 Å². The smallest absolute Gasteiger partial charge is 0.0462 e. The zero-order valence-corrected chi connectivity index (χ0v) is 20.6. The van der Waals surface area contributed by atoms with E-state index in [0.29, 0.717) is 11.8 Å². The van der Waals surface area contributed by atoms with Crippen LogP contribution in [0.2, 0.25) is 0 Å². The highest BCUT2D eigenvalue weighted by molar-refractivity contribution is 7.99. The van der Waals surface area contributed by atoms with E-state index in [9.17, 15) is 0 Å². The maximum absolute atomic E-state index is 2.37. The van der Waals surface area contributed by atoms with Crippen molar-refractivity contribution in [1.82, 2.24) is 0 Å². The largest absolute Gasteiger partial charge is 0.311 e. The van der Waals surface area contributed by atoms with Gasteiger partial charge in [-0.3, -0.25) is 0 Å². The Balaban J connectivity index is 1.94. The number of hydrogen-bond donors (Lipinski definition) is 0. The van der Waals surface area contributed by atoms with E-state index in [0.717, 1.165) is 6.42 Å². The summed E-state index contributed by atoms with van der Waals surface area (Å²) >= 11 is 1.95. The van der Waals surface area contributed by atoms with Gasteiger partial charge in [-0.25, -0.2) is 0 Å². The average molecular weight is 432 g/mol. The lowest BCUT2D eigenvalue weighted by Crippen LogP contribution is -2.10. The summed E-state index contributed by atoms with van der Waals surface area (Å²) in [5.41, 5.74) is 6.39. The Morgan fingerprint density at radius 3 is 1.61 bits per heavy atom. The molecule has 0 bridgehead atoms. The third-order valence-corrected chi connectivity index (χ3v) is 7.11. The second-order valence-electron chi connectivity index (χ2n) is 8.68. The highest BCUT2D eigenvalue weighted by atomic mass is 32.2. The lowest BCUT2D eigenvalue weighted by atomic mass is 9.98. The summed E-state index contributed by atoms with van der Waals surface area (Å²) in [4.78, 5) is 3.71. The summed E-state index contributed by atoms with van der Waals surface area (Å²) in [5, 5.41) is 0. The first-order valence-corrected chi connectivity index (χ1v) is 12.7. The van der Waals surface area contributed by atoms with Gasteiger partial charge in [-0.1, -0.05) is 65.3 Å². The molecule has 0 amide bonds. The Kier molecular flexibility index (Phi) is 8.66. The van der Waals surface area contributed by atoms with Crippen LogP contribution in [0.15, 0.2) is 77.7 Å². The number of rotatable bonds is 10. The second kappa shape index (κ2) is 11.4. The molecule has 3 aromatic carbocycles. The minimum atomic E-state index is 0.539. The Morgan fingerprint density at radius 2 is 1.16 bits per heavy atom. The summed E-state index contributed by atoms with van der Waals surface area (Å²) in [6.07, 6.45) is 3.68. The lowest BCUT2D eigenvalue weighted by molar-refractivity contribution is 0.733. The highest BCUT2D eigenvalue weighted by Gasteiger charge is 2.14. The molecule has 0 spiro atoms. The van der Waals surface area contributed by atoms with Crippen molar-refractivity contribution < 1.29 is 0 Å². The molecule has 0 saturated carbocycles. The van der Waals surface area contributed by atoms with Crippen LogP contribution in [0.25, 0.3) is 0 Å². The molecule has 31 heavy (non-hydrogen) atoms. The molecule has 0 aromatic heterocycles. The van der Waals surface area contributed by atoms with Crippen LogP contribution in [-0.2, 0) is 0 Å². The summed E-state index contributed by atoms with van der Waals surface area (Å²) in [6, 6.07) is 27.2. The average Bonchev–Trinajstić information content (AvgIpc) is 2.81. The van der Waals surface area contributed by atoms with Gasteiger partial charge in [-0.2, -0.15) is 0 Å². The van der Waals surface area contributed by atoms with Crippen LogP contribution in [0, 0.1) is 0 Å². The van der Waals surface area contributed by atoms with Crippen LogP contribution >= 0.6 is 11.8 Å². The van der Waals surface area contributed by atoms with E-state index in [1.165, 1.54) is 51.7 Å². The lowest BCUT2D eigenvalue weighted by Gasteiger charge is -2.26. The Hall–Kier alpha value is -2.19. The maximum atomic E-state index is 2.37. The topological polar surface area (TPSA) is 3.24 Å². The molecule has 1 nitrogen and oxygen atoms in total. The van der Waals surface area contributed by atoms with Crippen LogP contribution in [0.3, 0.4) is 0 Å². The van der Waals surface area contributed by atoms with E-state index in [-0.39, 0.29) is 0 Å². The van der Waals surface area contributed by atoms with Crippen molar-refractivity contribution in [2.24, 2.45) is 0 Å². The van der Waals surface area contributed by atoms with Gasteiger partial charge >= 0.3 is 0 Å². The fourth-order valence-electron chi connectivity index (χ4n) is 3.67. The van der Waals surface area contributed by atoms with Gasteiger partial charge in [0.1, 0.15) is 0 Å². The monoisotopic (exact) mass is 431 g/mol. The van der Waals surface area contributed by atoms with E-state index in [1.54, 1.807) is 0 Å². The minimum Gasteiger partial charge on any atom is -0.311 e. The number of hydrogen-bond acceptors (Lipinski definition) is 2. The summed E-state index contributed by atoms with van der Waals surface area (Å²) in [6.45, 7) is 11.3. The molecule has 0 radical (unpaired) electrons. The Morgan fingerprint density at radius 1 is 0.677 bits per heavy atom. The summed E-state index contributed by atoms with van der Waals surface area (Å²) < 4.78 is 0. The van der Waals surface area contributed by atoms with Gasteiger partial charge in [0.15, 0.2) is 0 Å². The quantitative estimate of drug-likeness (QED) is 0.232. The molecule has 0 fully saturated rings. The van der Waals surface area contributed by atoms with Gasteiger partial charge in [-0.15, -0.1) is 11.8 Å². The molecule has 0 saturated heterocycles. The zero-order valence-electron chi connectivity index (χ0n) is 19.8. The third-order valence-electron chi connectivity index (χ3n) is 6.01. The Bertz CT molecular complexity index is 910. The van der Waals surface area contributed by atoms with E-state index in [4.69, 9.17) is 0 Å². The van der Waals surface area contributed by atoms with Crippen LogP contribution in [-0.4, -0.2) is 5.75 Å². The van der Waals surface area contributed by atoms with Crippen LogP contribution in [0.4, 0.5) is 17.1 Å². The molecular formula is C29H37NS. The predicted molar refractivity (Wildman–Crippen MR) is 140 cm³/mol. The highest BCUT2D eigenvalue weighted by Crippen LogP contribution is 2.37. The van der Waals surface area contributed by atoms with Gasteiger partial charge < -0.3 is 4.90 Å². The van der Waals surface area contributed by atoms with Crippen molar-refractivity contribution in [3.63, 3.8) is 0 Å². The third kappa shape index (κ3) is 6.17.